The molecule has 1 unspecified atom stereocenters. The van der Waals surface area contributed by atoms with Crippen LogP contribution in [-0.4, -0.2) is 30.2 Å². The Balaban J connectivity index is 1.73. The van der Waals surface area contributed by atoms with Gasteiger partial charge in [0.2, 0.25) is 11.8 Å². The Morgan fingerprint density at radius 1 is 1.48 bits per heavy atom. The highest BCUT2D eigenvalue weighted by Gasteiger charge is 2.23. The van der Waals surface area contributed by atoms with E-state index in [0.29, 0.717) is 24.1 Å². The van der Waals surface area contributed by atoms with Crippen LogP contribution < -0.4 is 10.1 Å². The maximum Gasteiger partial charge on any atom is 0.227 e. The van der Waals surface area contributed by atoms with Gasteiger partial charge in [0.05, 0.1) is 13.5 Å². The quantitative estimate of drug-likeness (QED) is 0.913. The third kappa shape index (κ3) is 3.52. The minimum atomic E-state index is -0.118. The average molecular weight is 315 g/mol. The number of hydrogen-bond acceptors (Lipinski definition) is 5. The van der Waals surface area contributed by atoms with E-state index in [1.54, 1.807) is 14.2 Å². The van der Waals surface area contributed by atoms with Crippen LogP contribution in [0.3, 0.4) is 0 Å². The van der Waals surface area contributed by atoms with Gasteiger partial charge in [0, 0.05) is 13.5 Å². The largest absolute Gasteiger partial charge is 0.497 e. The molecule has 0 saturated heterocycles. The summed E-state index contributed by atoms with van der Waals surface area (Å²) in [6.07, 6.45) is 4.18. The molecule has 1 aliphatic carbocycles. The summed E-state index contributed by atoms with van der Waals surface area (Å²) in [6.45, 7) is 0. The van der Waals surface area contributed by atoms with Crippen LogP contribution in [0.1, 0.15) is 41.6 Å². The summed E-state index contributed by atoms with van der Waals surface area (Å²) in [5.41, 5.74) is 2.67. The summed E-state index contributed by atoms with van der Waals surface area (Å²) in [4.78, 5) is 15.7. The second-order valence-electron chi connectivity index (χ2n) is 5.81. The lowest BCUT2D eigenvalue weighted by Gasteiger charge is -2.24. The van der Waals surface area contributed by atoms with Gasteiger partial charge in [-0.3, -0.25) is 4.79 Å². The van der Waals surface area contributed by atoms with Crippen molar-refractivity contribution >= 4 is 5.91 Å². The van der Waals surface area contributed by atoms with Gasteiger partial charge < -0.3 is 14.6 Å². The molecule has 1 N–H and O–H groups in total. The van der Waals surface area contributed by atoms with Crippen LogP contribution in [0, 0.1) is 0 Å². The zero-order valence-electron chi connectivity index (χ0n) is 13.5. The first-order valence-corrected chi connectivity index (χ1v) is 7.88. The molecule has 6 heteroatoms. The molecule has 0 spiro atoms. The predicted octanol–water partition coefficient (Wildman–Crippen LogP) is 2.03. The van der Waals surface area contributed by atoms with E-state index >= 15 is 0 Å². The number of nitrogens with zero attached hydrogens (tertiary/aromatic N) is 2. The van der Waals surface area contributed by atoms with Crippen molar-refractivity contribution in [3.63, 3.8) is 0 Å². The summed E-state index contributed by atoms with van der Waals surface area (Å²) < 4.78 is 10.6. The summed E-state index contributed by atoms with van der Waals surface area (Å²) in [7, 11) is 3.28. The van der Waals surface area contributed by atoms with E-state index in [1.165, 1.54) is 11.1 Å². The van der Waals surface area contributed by atoms with Crippen molar-refractivity contribution < 1.29 is 14.1 Å². The summed E-state index contributed by atoms with van der Waals surface area (Å²) in [5.74, 6) is 2.18. The second-order valence-corrected chi connectivity index (χ2v) is 5.81. The Morgan fingerprint density at radius 2 is 2.35 bits per heavy atom. The van der Waals surface area contributed by atoms with E-state index in [4.69, 9.17) is 9.26 Å². The summed E-state index contributed by atoms with van der Waals surface area (Å²) in [6, 6.07) is 6.26. The van der Waals surface area contributed by atoms with Crippen molar-refractivity contribution in [2.24, 2.45) is 0 Å². The lowest BCUT2D eigenvalue weighted by atomic mass is 9.81. The number of likely N-dealkylation sites (N-methyl/N-ethyl adjacent to an activating group) is 1. The zero-order chi connectivity index (χ0) is 16.2. The fraction of sp³-hybridized carbons (Fsp3) is 0.471. The Hall–Kier alpha value is -2.37. The third-order valence-electron chi connectivity index (χ3n) is 4.32. The second kappa shape index (κ2) is 6.81. The van der Waals surface area contributed by atoms with Crippen LogP contribution in [0.2, 0.25) is 0 Å². The molecule has 0 radical (unpaired) electrons. The number of carbonyl (C=O) groups excluding carboxylic acids is 1. The molecule has 1 atom stereocenters. The molecule has 0 aliphatic heterocycles. The van der Waals surface area contributed by atoms with Crippen molar-refractivity contribution in [3.8, 4) is 5.75 Å². The number of benzene rings is 1. The highest BCUT2D eigenvalue weighted by atomic mass is 16.5. The Bertz CT molecular complexity index is 696. The van der Waals surface area contributed by atoms with E-state index in [9.17, 15) is 4.79 Å². The predicted molar refractivity (Wildman–Crippen MR) is 84.4 cm³/mol. The Labute approximate surface area is 135 Å². The molecule has 1 aromatic carbocycles. The number of rotatable bonds is 5. The fourth-order valence-corrected chi connectivity index (χ4v) is 3.12. The molecule has 23 heavy (non-hydrogen) atoms. The molecule has 3 rings (SSSR count). The number of aryl methyl sites for hydroxylation is 1. The van der Waals surface area contributed by atoms with Crippen molar-refractivity contribution in [1.82, 2.24) is 15.5 Å². The fourth-order valence-electron chi connectivity index (χ4n) is 3.12. The Kier molecular flexibility index (Phi) is 4.60. The van der Waals surface area contributed by atoms with Crippen LogP contribution in [0.15, 0.2) is 22.7 Å². The molecular weight excluding hydrogens is 294 g/mol. The van der Waals surface area contributed by atoms with Crippen LogP contribution >= 0.6 is 0 Å². The van der Waals surface area contributed by atoms with E-state index in [2.05, 4.69) is 27.6 Å². The van der Waals surface area contributed by atoms with E-state index in [-0.39, 0.29) is 12.3 Å². The molecule has 6 nitrogen and oxygen atoms in total. The third-order valence-corrected chi connectivity index (χ3v) is 4.32. The lowest BCUT2D eigenvalue weighted by Crippen LogP contribution is -2.20. The molecule has 0 fully saturated rings. The molecule has 0 saturated carbocycles. The van der Waals surface area contributed by atoms with Crippen molar-refractivity contribution in [3.05, 3.63) is 41.0 Å². The highest BCUT2D eigenvalue weighted by Crippen LogP contribution is 2.35. The van der Waals surface area contributed by atoms with E-state index < -0.39 is 0 Å². The molecule has 122 valence electrons. The molecule has 0 bridgehead atoms. The SMILES string of the molecule is CNC(=O)Cc1noc(CC2CCCc3cc(OC)ccc32)n1. The number of ether oxygens (including phenoxy) is 1. The number of methoxy groups -OCH3 is 1. The molecule has 1 aliphatic rings. The van der Waals surface area contributed by atoms with E-state index in [1.807, 2.05) is 6.07 Å². The van der Waals surface area contributed by atoms with Gasteiger partial charge in [0.1, 0.15) is 5.75 Å². The number of fused-ring (bicyclic) bond motifs is 1. The first-order chi connectivity index (χ1) is 11.2. The van der Waals surface area contributed by atoms with Gasteiger partial charge in [0.15, 0.2) is 5.82 Å². The van der Waals surface area contributed by atoms with Gasteiger partial charge in [-0.2, -0.15) is 4.98 Å². The first kappa shape index (κ1) is 15.5. The van der Waals surface area contributed by atoms with Crippen LogP contribution in [0.5, 0.6) is 5.75 Å². The highest BCUT2D eigenvalue weighted by molar-refractivity contribution is 5.77. The average Bonchev–Trinajstić information content (AvgIpc) is 3.01. The van der Waals surface area contributed by atoms with E-state index in [0.717, 1.165) is 25.0 Å². The summed E-state index contributed by atoms with van der Waals surface area (Å²) in [5, 5.41) is 6.44. The van der Waals surface area contributed by atoms with Gasteiger partial charge >= 0.3 is 0 Å². The normalized spacial score (nSPS) is 16.7. The lowest BCUT2D eigenvalue weighted by molar-refractivity contribution is -0.120. The molecule has 1 heterocycles. The van der Waals surface area contributed by atoms with Crippen molar-refractivity contribution in [1.29, 1.82) is 0 Å². The Morgan fingerprint density at radius 3 is 3.13 bits per heavy atom. The smallest absolute Gasteiger partial charge is 0.227 e. The number of nitrogens with one attached hydrogen (secondary N) is 1. The van der Waals surface area contributed by atoms with Gasteiger partial charge in [-0.15, -0.1) is 0 Å². The van der Waals surface area contributed by atoms with Crippen LogP contribution in [0.4, 0.5) is 0 Å². The summed E-state index contributed by atoms with van der Waals surface area (Å²) >= 11 is 0. The van der Waals surface area contributed by atoms with Crippen LogP contribution in [0.25, 0.3) is 0 Å². The number of aromatic nitrogens is 2. The van der Waals surface area contributed by atoms with Crippen molar-refractivity contribution in [2.45, 2.75) is 38.0 Å². The zero-order valence-corrected chi connectivity index (χ0v) is 13.5. The van der Waals surface area contributed by atoms with Crippen LogP contribution in [-0.2, 0) is 24.1 Å². The van der Waals surface area contributed by atoms with Gasteiger partial charge in [0.25, 0.3) is 0 Å². The maximum absolute atomic E-state index is 11.4. The molecular formula is C17H21N3O3. The standard InChI is InChI=1S/C17H21N3O3/c1-18-16(21)10-15-19-17(23-20-15)9-12-5-3-4-11-8-13(22-2)6-7-14(11)12/h6-8,12H,3-5,9-10H2,1-2H3,(H,18,21). The number of carbonyl (C=O) groups is 1. The number of amides is 1. The van der Waals surface area contributed by atoms with Gasteiger partial charge in [-0.25, -0.2) is 0 Å². The topological polar surface area (TPSA) is 77.2 Å². The van der Waals surface area contributed by atoms with Gasteiger partial charge in [-0.05, 0) is 48.4 Å². The molecule has 1 aromatic heterocycles. The molecule has 1 amide bonds. The first-order valence-electron chi connectivity index (χ1n) is 7.88. The molecule has 2 aromatic rings. The minimum absolute atomic E-state index is 0.118. The minimum Gasteiger partial charge on any atom is -0.497 e. The van der Waals surface area contributed by atoms with Crippen molar-refractivity contribution in [2.75, 3.05) is 14.2 Å². The monoisotopic (exact) mass is 315 g/mol. The number of hydrogen-bond donors (Lipinski definition) is 1. The maximum atomic E-state index is 11.4. The van der Waals surface area contributed by atoms with Gasteiger partial charge in [-0.1, -0.05) is 11.2 Å².